The molecule has 2 heterocycles. The summed E-state index contributed by atoms with van der Waals surface area (Å²) in [5, 5.41) is 4.78. The summed E-state index contributed by atoms with van der Waals surface area (Å²) in [6.07, 6.45) is 4.15. The van der Waals surface area contributed by atoms with E-state index in [4.69, 9.17) is 16.6 Å². The second-order valence-corrected chi connectivity index (χ2v) is 11.0. The molecular formula is C26H24ClN3O2S2. The number of carbonyl (C=O) groups is 1. The minimum atomic E-state index is -0.143. The van der Waals surface area contributed by atoms with Gasteiger partial charge >= 0.3 is 0 Å². The molecule has 2 aromatic heterocycles. The van der Waals surface area contributed by atoms with Crippen LogP contribution in [0.25, 0.3) is 15.9 Å². The van der Waals surface area contributed by atoms with E-state index in [1.165, 1.54) is 22.2 Å². The minimum absolute atomic E-state index is 0.0798. The topological polar surface area (TPSA) is 64.0 Å². The van der Waals surface area contributed by atoms with Gasteiger partial charge in [-0.05, 0) is 92.6 Å². The van der Waals surface area contributed by atoms with Crippen LogP contribution in [0.15, 0.2) is 52.4 Å². The number of aryl methyl sites for hydroxylation is 4. The van der Waals surface area contributed by atoms with Gasteiger partial charge in [0, 0.05) is 15.6 Å². The molecule has 0 saturated carbocycles. The van der Waals surface area contributed by atoms with E-state index in [1.54, 1.807) is 28.0 Å². The Morgan fingerprint density at radius 3 is 2.65 bits per heavy atom. The Morgan fingerprint density at radius 2 is 1.88 bits per heavy atom. The van der Waals surface area contributed by atoms with Gasteiger partial charge in [-0.25, -0.2) is 4.98 Å². The Morgan fingerprint density at radius 1 is 1.12 bits per heavy atom. The van der Waals surface area contributed by atoms with Crippen LogP contribution in [0.5, 0.6) is 0 Å². The van der Waals surface area contributed by atoms with E-state index in [0.717, 1.165) is 52.7 Å². The van der Waals surface area contributed by atoms with Crippen LogP contribution < -0.4 is 10.9 Å². The highest BCUT2D eigenvalue weighted by atomic mass is 35.5. The van der Waals surface area contributed by atoms with E-state index in [-0.39, 0.29) is 17.2 Å². The lowest BCUT2D eigenvalue weighted by Gasteiger charge is -2.14. The molecule has 1 amide bonds. The quantitative estimate of drug-likeness (QED) is 0.252. The number of nitrogens with one attached hydrogen (secondary N) is 1. The van der Waals surface area contributed by atoms with Crippen molar-refractivity contribution in [2.75, 3.05) is 11.1 Å². The van der Waals surface area contributed by atoms with Gasteiger partial charge in [0.1, 0.15) is 4.83 Å². The maximum absolute atomic E-state index is 13.8. The summed E-state index contributed by atoms with van der Waals surface area (Å²) in [6, 6.07) is 13.0. The van der Waals surface area contributed by atoms with Gasteiger partial charge in [0.05, 0.1) is 16.8 Å². The molecule has 0 spiro atoms. The highest BCUT2D eigenvalue weighted by Crippen LogP contribution is 2.35. The van der Waals surface area contributed by atoms with E-state index in [1.807, 2.05) is 44.2 Å². The Hall–Kier alpha value is -2.61. The van der Waals surface area contributed by atoms with Gasteiger partial charge in [0.2, 0.25) is 5.91 Å². The van der Waals surface area contributed by atoms with Crippen LogP contribution >= 0.6 is 34.7 Å². The molecule has 4 aromatic rings. The summed E-state index contributed by atoms with van der Waals surface area (Å²) in [6.45, 7) is 4.06. The fourth-order valence-corrected chi connectivity index (χ4v) is 6.49. The Bertz CT molecular complexity index is 1460. The Balaban J connectivity index is 1.50. The molecule has 5 rings (SSSR count). The molecular weight excluding hydrogens is 486 g/mol. The van der Waals surface area contributed by atoms with Gasteiger partial charge in [-0.3, -0.25) is 14.2 Å². The van der Waals surface area contributed by atoms with Crippen molar-refractivity contribution < 1.29 is 4.79 Å². The Labute approximate surface area is 211 Å². The zero-order chi connectivity index (χ0) is 23.8. The van der Waals surface area contributed by atoms with Gasteiger partial charge in [0.25, 0.3) is 5.56 Å². The summed E-state index contributed by atoms with van der Waals surface area (Å²) in [7, 11) is 0. The number of hydrogen-bond donors (Lipinski definition) is 1. The van der Waals surface area contributed by atoms with Crippen LogP contribution in [0.3, 0.4) is 0 Å². The fourth-order valence-electron chi connectivity index (χ4n) is 4.25. The third-order valence-corrected chi connectivity index (χ3v) is 8.54. The summed E-state index contributed by atoms with van der Waals surface area (Å²) in [5.74, 6) is -0.000433. The lowest BCUT2D eigenvalue weighted by Crippen LogP contribution is -2.23. The normalized spacial score (nSPS) is 13.1. The van der Waals surface area contributed by atoms with Crippen molar-refractivity contribution in [2.24, 2.45) is 0 Å². The van der Waals surface area contributed by atoms with Gasteiger partial charge in [0.15, 0.2) is 5.16 Å². The average molecular weight is 510 g/mol. The van der Waals surface area contributed by atoms with E-state index >= 15 is 0 Å². The van der Waals surface area contributed by atoms with Crippen molar-refractivity contribution in [1.82, 2.24) is 9.55 Å². The van der Waals surface area contributed by atoms with Gasteiger partial charge in [-0.2, -0.15) is 0 Å². The first-order valence-electron chi connectivity index (χ1n) is 11.2. The molecule has 0 atom stereocenters. The number of aromatic nitrogens is 2. The zero-order valence-electron chi connectivity index (χ0n) is 19.0. The number of rotatable bonds is 5. The van der Waals surface area contributed by atoms with Crippen LogP contribution in [0, 0.1) is 13.8 Å². The zero-order valence-corrected chi connectivity index (χ0v) is 21.4. The summed E-state index contributed by atoms with van der Waals surface area (Å²) in [5.41, 5.74) is 4.82. The first-order chi connectivity index (χ1) is 16.4. The highest BCUT2D eigenvalue weighted by Gasteiger charge is 2.23. The number of thioether (sulfide) groups is 1. The molecule has 0 radical (unpaired) electrons. The predicted molar refractivity (Wildman–Crippen MR) is 142 cm³/mol. The van der Waals surface area contributed by atoms with Crippen LogP contribution in [-0.4, -0.2) is 21.2 Å². The Kier molecular flexibility index (Phi) is 6.51. The molecule has 1 aliphatic rings. The number of halogens is 1. The molecule has 0 bridgehead atoms. The molecule has 1 N–H and O–H groups in total. The van der Waals surface area contributed by atoms with Gasteiger partial charge < -0.3 is 5.32 Å². The SMILES string of the molecule is Cc1ccc(NC(=O)CSc2nc3sc4c(c3c(=O)n2-c2ccc(Cl)cc2)CCCC4)cc1C. The number of nitrogens with zero attached hydrogens (tertiary/aromatic N) is 2. The maximum atomic E-state index is 13.8. The molecule has 0 unspecified atom stereocenters. The lowest BCUT2D eigenvalue weighted by atomic mass is 9.97. The van der Waals surface area contributed by atoms with Crippen molar-refractivity contribution in [1.29, 1.82) is 0 Å². The molecule has 0 fully saturated rings. The first-order valence-corrected chi connectivity index (χ1v) is 13.4. The van der Waals surface area contributed by atoms with Crippen molar-refractivity contribution in [3.05, 3.63) is 79.4 Å². The van der Waals surface area contributed by atoms with E-state index in [9.17, 15) is 9.59 Å². The number of fused-ring (bicyclic) bond motifs is 3. The minimum Gasteiger partial charge on any atom is -0.325 e. The van der Waals surface area contributed by atoms with E-state index in [0.29, 0.717) is 15.9 Å². The smallest absolute Gasteiger partial charge is 0.267 e. The molecule has 8 heteroatoms. The number of amides is 1. The fraction of sp³-hybridized carbons (Fsp3) is 0.269. The standard InChI is InChI=1S/C26H24ClN3O2S2/c1-15-7-10-18(13-16(15)2)28-22(31)14-33-26-29-24-23(20-5-3-4-6-21(20)34-24)25(32)30(26)19-11-8-17(27)9-12-19/h7-13H,3-6,14H2,1-2H3,(H,28,31). The second kappa shape index (κ2) is 9.56. The molecule has 2 aromatic carbocycles. The van der Waals surface area contributed by atoms with Gasteiger partial charge in [-0.1, -0.05) is 29.4 Å². The van der Waals surface area contributed by atoms with E-state index in [2.05, 4.69) is 5.32 Å². The molecule has 174 valence electrons. The van der Waals surface area contributed by atoms with Crippen molar-refractivity contribution in [3.63, 3.8) is 0 Å². The third-order valence-electron chi connectivity index (χ3n) is 6.17. The molecule has 0 aliphatic heterocycles. The molecule has 34 heavy (non-hydrogen) atoms. The number of thiophene rings is 1. The average Bonchev–Trinajstić information content (AvgIpc) is 3.20. The van der Waals surface area contributed by atoms with E-state index < -0.39 is 0 Å². The van der Waals surface area contributed by atoms with Gasteiger partial charge in [-0.15, -0.1) is 11.3 Å². The molecule has 1 aliphatic carbocycles. The maximum Gasteiger partial charge on any atom is 0.267 e. The lowest BCUT2D eigenvalue weighted by molar-refractivity contribution is -0.113. The summed E-state index contributed by atoms with van der Waals surface area (Å²) in [4.78, 5) is 33.4. The summed E-state index contributed by atoms with van der Waals surface area (Å²) < 4.78 is 1.62. The predicted octanol–water partition coefficient (Wildman–Crippen LogP) is 6.33. The first kappa shape index (κ1) is 23.1. The van der Waals surface area contributed by atoms with Crippen molar-refractivity contribution in [3.8, 4) is 5.69 Å². The largest absolute Gasteiger partial charge is 0.325 e. The molecule has 0 saturated heterocycles. The van der Waals surface area contributed by atoms with Crippen LogP contribution in [0.2, 0.25) is 5.02 Å². The molecule has 5 nitrogen and oxygen atoms in total. The van der Waals surface area contributed by atoms with Crippen molar-refractivity contribution in [2.45, 2.75) is 44.7 Å². The van der Waals surface area contributed by atoms with Crippen LogP contribution in [-0.2, 0) is 17.6 Å². The number of anilines is 1. The number of benzene rings is 2. The number of hydrogen-bond acceptors (Lipinski definition) is 5. The summed E-state index contributed by atoms with van der Waals surface area (Å²) >= 11 is 8.98. The second-order valence-electron chi connectivity index (χ2n) is 8.54. The highest BCUT2D eigenvalue weighted by molar-refractivity contribution is 7.99. The number of carbonyl (C=O) groups excluding carboxylic acids is 1. The van der Waals surface area contributed by atoms with Crippen LogP contribution in [0.1, 0.15) is 34.4 Å². The third kappa shape index (κ3) is 4.52. The van der Waals surface area contributed by atoms with Crippen molar-refractivity contribution >= 4 is 56.5 Å². The van der Waals surface area contributed by atoms with Crippen LogP contribution in [0.4, 0.5) is 5.69 Å². The monoisotopic (exact) mass is 509 g/mol.